The second-order valence-electron chi connectivity index (χ2n) is 6.21. The number of hydrogen-bond donors (Lipinski definition) is 1. The van der Waals surface area contributed by atoms with Gasteiger partial charge >= 0.3 is 0 Å². The first-order valence-corrected chi connectivity index (χ1v) is 8.72. The fraction of sp³-hybridized carbons (Fsp3) is 0.381. The summed E-state index contributed by atoms with van der Waals surface area (Å²) in [4.78, 5) is 12.5. The van der Waals surface area contributed by atoms with Crippen molar-refractivity contribution in [2.24, 2.45) is 0 Å². The topological polar surface area (TPSA) is 38.3 Å². The molecule has 3 nitrogen and oxygen atoms in total. The van der Waals surface area contributed by atoms with E-state index < -0.39 is 0 Å². The van der Waals surface area contributed by atoms with Crippen LogP contribution in [0.4, 0.5) is 5.69 Å². The van der Waals surface area contributed by atoms with E-state index in [-0.39, 0.29) is 12.0 Å². The lowest BCUT2D eigenvalue weighted by atomic mass is 9.97. The van der Waals surface area contributed by atoms with Gasteiger partial charge in [-0.2, -0.15) is 0 Å². The van der Waals surface area contributed by atoms with Crippen molar-refractivity contribution in [1.82, 2.24) is 0 Å². The minimum Gasteiger partial charge on any atom is -0.491 e. The van der Waals surface area contributed by atoms with Gasteiger partial charge < -0.3 is 10.1 Å². The molecule has 24 heavy (non-hydrogen) atoms. The molecule has 2 atom stereocenters. The molecule has 128 valence electrons. The highest BCUT2D eigenvalue weighted by atomic mass is 16.5. The van der Waals surface area contributed by atoms with E-state index in [0.717, 1.165) is 24.3 Å². The first-order chi connectivity index (χ1) is 11.5. The van der Waals surface area contributed by atoms with Gasteiger partial charge in [0.25, 0.3) is 5.91 Å². The van der Waals surface area contributed by atoms with Crippen molar-refractivity contribution in [3.05, 3.63) is 59.7 Å². The predicted molar refractivity (Wildman–Crippen MR) is 99.9 cm³/mol. The van der Waals surface area contributed by atoms with Gasteiger partial charge in [-0.1, -0.05) is 39.0 Å². The number of ether oxygens (including phenoxy) is 1. The fourth-order valence-electron chi connectivity index (χ4n) is 2.46. The summed E-state index contributed by atoms with van der Waals surface area (Å²) in [6.07, 6.45) is 2.16. The van der Waals surface area contributed by atoms with Crippen LogP contribution in [0, 0.1) is 0 Å². The Morgan fingerprint density at radius 3 is 2.29 bits per heavy atom. The third-order valence-electron chi connectivity index (χ3n) is 4.38. The average Bonchev–Trinajstić information content (AvgIpc) is 2.62. The van der Waals surface area contributed by atoms with Crippen molar-refractivity contribution in [3.8, 4) is 5.75 Å². The molecule has 0 aliphatic rings. The molecule has 0 fully saturated rings. The fourth-order valence-corrected chi connectivity index (χ4v) is 2.46. The van der Waals surface area contributed by atoms with E-state index >= 15 is 0 Å². The van der Waals surface area contributed by atoms with Crippen LogP contribution in [0.25, 0.3) is 0 Å². The molecule has 2 unspecified atom stereocenters. The Morgan fingerprint density at radius 1 is 1.00 bits per heavy atom. The first-order valence-electron chi connectivity index (χ1n) is 8.72. The van der Waals surface area contributed by atoms with Crippen molar-refractivity contribution in [2.45, 2.75) is 52.6 Å². The molecule has 0 spiro atoms. The van der Waals surface area contributed by atoms with Gasteiger partial charge in [-0.15, -0.1) is 0 Å². The third-order valence-corrected chi connectivity index (χ3v) is 4.38. The Morgan fingerprint density at radius 2 is 1.67 bits per heavy atom. The Balaban J connectivity index is 2.10. The van der Waals surface area contributed by atoms with Crippen molar-refractivity contribution in [1.29, 1.82) is 0 Å². The van der Waals surface area contributed by atoms with E-state index in [9.17, 15) is 4.79 Å². The molecular weight excluding hydrogens is 298 g/mol. The summed E-state index contributed by atoms with van der Waals surface area (Å²) in [5.41, 5.74) is 2.69. The Kier molecular flexibility index (Phi) is 6.42. The van der Waals surface area contributed by atoms with Gasteiger partial charge in [0.15, 0.2) is 0 Å². The molecular formula is C21H27NO2. The van der Waals surface area contributed by atoms with Crippen molar-refractivity contribution in [2.75, 3.05) is 5.32 Å². The smallest absolute Gasteiger partial charge is 0.255 e. The van der Waals surface area contributed by atoms with Crippen LogP contribution in [0.1, 0.15) is 62.4 Å². The number of anilines is 1. The van der Waals surface area contributed by atoms with Crippen LogP contribution < -0.4 is 10.1 Å². The zero-order valence-electron chi connectivity index (χ0n) is 15.0. The normalized spacial score (nSPS) is 13.2. The number of para-hydroxylation sites is 1. The SMILES string of the molecule is CCC(C)Oc1ccc(C(=O)Nc2ccccc2C(C)CC)cc1. The van der Waals surface area contributed by atoms with Crippen LogP contribution in [-0.2, 0) is 0 Å². The van der Waals surface area contributed by atoms with Gasteiger partial charge in [0.1, 0.15) is 5.75 Å². The maximum atomic E-state index is 12.5. The molecule has 0 aliphatic heterocycles. The lowest BCUT2D eigenvalue weighted by Gasteiger charge is -2.16. The summed E-state index contributed by atoms with van der Waals surface area (Å²) in [7, 11) is 0. The van der Waals surface area contributed by atoms with Gasteiger partial charge in [-0.3, -0.25) is 4.79 Å². The number of carbonyl (C=O) groups is 1. The number of benzene rings is 2. The highest BCUT2D eigenvalue weighted by Gasteiger charge is 2.12. The summed E-state index contributed by atoms with van der Waals surface area (Å²) in [5.74, 6) is 1.11. The number of amides is 1. The van der Waals surface area contributed by atoms with Gasteiger partial charge in [0.2, 0.25) is 0 Å². The van der Waals surface area contributed by atoms with Gasteiger partial charge in [-0.25, -0.2) is 0 Å². The highest BCUT2D eigenvalue weighted by Crippen LogP contribution is 2.27. The van der Waals surface area contributed by atoms with E-state index in [1.807, 2.05) is 37.3 Å². The minimum absolute atomic E-state index is 0.0964. The van der Waals surface area contributed by atoms with Crippen LogP contribution in [0.3, 0.4) is 0 Å². The number of carbonyl (C=O) groups excluding carboxylic acids is 1. The summed E-state index contributed by atoms with van der Waals surface area (Å²) < 4.78 is 5.75. The zero-order valence-corrected chi connectivity index (χ0v) is 15.0. The molecule has 1 N–H and O–H groups in total. The maximum absolute atomic E-state index is 12.5. The average molecular weight is 325 g/mol. The van der Waals surface area contributed by atoms with Crippen LogP contribution in [0.5, 0.6) is 5.75 Å². The lowest BCUT2D eigenvalue weighted by molar-refractivity contribution is 0.102. The van der Waals surface area contributed by atoms with Crippen molar-refractivity contribution < 1.29 is 9.53 Å². The number of rotatable bonds is 7. The Labute approximate surface area is 145 Å². The molecule has 1 amide bonds. The van der Waals surface area contributed by atoms with Gasteiger partial charge in [0.05, 0.1) is 6.10 Å². The van der Waals surface area contributed by atoms with E-state index in [2.05, 4.69) is 32.2 Å². The van der Waals surface area contributed by atoms with E-state index in [0.29, 0.717) is 11.5 Å². The lowest BCUT2D eigenvalue weighted by Crippen LogP contribution is -2.14. The van der Waals surface area contributed by atoms with Gasteiger partial charge in [0, 0.05) is 11.3 Å². The molecule has 2 aromatic rings. The predicted octanol–water partition coefficient (Wildman–Crippen LogP) is 5.63. The molecule has 0 heterocycles. The molecule has 3 heteroatoms. The molecule has 0 saturated carbocycles. The summed E-state index contributed by atoms with van der Waals surface area (Å²) in [5, 5.41) is 3.03. The molecule has 0 saturated heterocycles. The molecule has 0 aromatic heterocycles. The monoisotopic (exact) mass is 325 g/mol. The molecule has 0 aliphatic carbocycles. The van der Waals surface area contributed by atoms with E-state index in [1.54, 1.807) is 12.1 Å². The molecule has 0 radical (unpaired) electrons. The van der Waals surface area contributed by atoms with E-state index in [1.165, 1.54) is 5.56 Å². The quantitative estimate of drug-likeness (QED) is 0.716. The Bertz CT molecular complexity index is 664. The minimum atomic E-state index is -0.0964. The van der Waals surface area contributed by atoms with E-state index in [4.69, 9.17) is 4.74 Å². The van der Waals surface area contributed by atoms with Crippen LogP contribution in [0.2, 0.25) is 0 Å². The Hall–Kier alpha value is -2.29. The third kappa shape index (κ3) is 4.60. The molecule has 2 rings (SSSR count). The maximum Gasteiger partial charge on any atom is 0.255 e. The largest absolute Gasteiger partial charge is 0.491 e. The molecule has 0 bridgehead atoms. The second-order valence-corrected chi connectivity index (χ2v) is 6.21. The first kappa shape index (κ1) is 18.1. The van der Waals surface area contributed by atoms with Crippen LogP contribution >= 0.6 is 0 Å². The van der Waals surface area contributed by atoms with Crippen molar-refractivity contribution in [3.63, 3.8) is 0 Å². The highest BCUT2D eigenvalue weighted by molar-refractivity contribution is 6.04. The summed E-state index contributed by atoms with van der Waals surface area (Å²) >= 11 is 0. The number of hydrogen-bond acceptors (Lipinski definition) is 2. The number of nitrogens with one attached hydrogen (secondary N) is 1. The standard InChI is InChI=1S/C21H27NO2/c1-5-15(3)19-9-7-8-10-20(19)22-21(23)17-11-13-18(14-12-17)24-16(4)6-2/h7-16H,5-6H2,1-4H3,(H,22,23). The van der Waals surface area contributed by atoms with Crippen LogP contribution in [0.15, 0.2) is 48.5 Å². The van der Waals surface area contributed by atoms with Crippen molar-refractivity contribution >= 4 is 11.6 Å². The van der Waals surface area contributed by atoms with Crippen LogP contribution in [-0.4, -0.2) is 12.0 Å². The summed E-state index contributed by atoms with van der Waals surface area (Å²) in [6.45, 7) is 8.44. The molecule has 2 aromatic carbocycles. The second kappa shape index (κ2) is 8.53. The zero-order chi connectivity index (χ0) is 17.5. The summed E-state index contributed by atoms with van der Waals surface area (Å²) in [6, 6.07) is 15.3. The van der Waals surface area contributed by atoms with Gasteiger partial charge in [-0.05, 0) is 61.6 Å².